The Morgan fingerprint density at radius 3 is 2.41 bits per heavy atom. The number of halogens is 1. The van der Waals surface area contributed by atoms with Crippen LogP contribution in [-0.4, -0.2) is 11.1 Å². The minimum Gasteiger partial charge on any atom is -0.478 e. The first kappa shape index (κ1) is 11.3. The highest BCUT2D eigenvalue weighted by molar-refractivity contribution is 5.88. The molecule has 0 heterocycles. The van der Waals surface area contributed by atoms with Gasteiger partial charge >= 0.3 is 5.97 Å². The molecule has 86 valence electrons. The summed E-state index contributed by atoms with van der Waals surface area (Å²) in [5.74, 6) is -1.94. The van der Waals surface area contributed by atoms with Gasteiger partial charge in [0.1, 0.15) is 5.82 Å². The number of benzene rings is 2. The van der Waals surface area contributed by atoms with E-state index in [2.05, 4.69) is 0 Å². The molecule has 0 aromatic heterocycles. The summed E-state index contributed by atoms with van der Waals surface area (Å²) in [5.41, 5.74) is 1.57. The largest absolute Gasteiger partial charge is 0.478 e. The quantitative estimate of drug-likeness (QED) is 0.879. The van der Waals surface area contributed by atoms with Crippen LogP contribution in [0.3, 0.4) is 0 Å². The van der Waals surface area contributed by atoms with E-state index in [-0.39, 0.29) is 5.56 Å². The predicted octanol–water partition coefficient (Wildman–Crippen LogP) is 3.11. The van der Waals surface area contributed by atoms with Crippen molar-refractivity contribution < 1.29 is 14.3 Å². The topological polar surface area (TPSA) is 37.3 Å². The van der Waals surface area contributed by atoms with Gasteiger partial charge in [-0.25, -0.2) is 9.18 Å². The number of hydrogen-bond acceptors (Lipinski definition) is 1. The lowest BCUT2D eigenvalue weighted by molar-refractivity contribution is 0.0692. The predicted molar refractivity (Wildman–Crippen MR) is 62.6 cm³/mol. The first-order valence-electron chi connectivity index (χ1n) is 5.22. The normalized spacial score (nSPS) is 10.2. The van der Waals surface area contributed by atoms with Gasteiger partial charge in [-0.2, -0.15) is 0 Å². The fraction of sp³-hybridized carbons (Fsp3) is 0.0714. The maximum absolute atomic E-state index is 13.2. The van der Waals surface area contributed by atoms with Crippen LogP contribution in [0.1, 0.15) is 21.5 Å². The summed E-state index contributed by atoms with van der Waals surface area (Å²) in [6.07, 6.45) is 0.599. The molecule has 0 fully saturated rings. The molecular weight excluding hydrogens is 219 g/mol. The first-order valence-corrected chi connectivity index (χ1v) is 5.22. The van der Waals surface area contributed by atoms with Crippen LogP contribution in [0.15, 0.2) is 48.5 Å². The molecule has 2 aromatic carbocycles. The number of rotatable bonds is 3. The Balaban J connectivity index is 2.29. The lowest BCUT2D eigenvalue weighted by Crippen LogP contribution is -2.02. The number of carboxylic acid groups (broad SMARTS) is 1. The third-order valence-corrected chi connectivity index (χ3v) is 2.51. The Morgan fingerprint density at radius 2 is 1.76 bits per heavy atom. The van der Waals surface area contributed by atoms with Gasteiger partial charge in [-0.3, -0.25) is 0 Å². The van der Waals surface area contributed by atoms with Gasteiger partial charge in [0.05, 0.1) is 5.56 Å². The second kappa shape index (κ2) is 4.78. The zero-order chi connectivity index (χ0) is 12.3. The van der Waals surface area contributed by atoms with Crippen LogP contribution in [0.5, 0.6) is 0 Å². The molecule has 0 saturated carbocycles. The first-order chi connectivity index (χ1) is 8.16. The van der Waals surface area contributed by atoms with E-state index in [0.717, 1.165) is 11.1 Å². The van der Waals surface area contributed by atoms with Crippen molar-refractivity contribution in [2.75, 3.05) is 0 Å². The summed E-state index contributed by atoms with van der Waals surface area (Å²) in [4.78, 5) is 10.8. The second-order valence-corrected chi connectivity index (χ2v) is 3.78. The molecule has 2 aromatic rings. The molecular formula is C14H11FO2. The van der Waals surface area contributed by atoms with E-state index in [0.29, 0.717) is 6.42 Å². The molecule has 0 spiro atoms. The molecule has 0 saturated heterocycles. The smallest absolute Gasteiger partial charge is 0.338 e. The second-order valence-electron chi connectivity index (χ2n) is 3.78. The van der Waals surface area contributed by atoms with E-state index in [9.17, 15) is 9.18 Å². The van der Waals surface area contributed by atoms with Crippen molar-refractivity contribution in [2.24, 2.45) is 0 Å². The lowest BCUT2D eigenvalue weighted by Gasteiger charge is -2.04. The monoisotopic (exact) mass is 230 g/mol. The molecule has 2 rings (SSSR count). The van der Waals surface area contributed by atoms with Crippen LogP contribution < -0.4 is 0 Å². The molecule has 2 nitrogen and oxygen atoms in total. The molecule has 1 N–H and O–H groups in total. The SMILES string of the molecule is O=C(O)c1cc(Cc2ccccc2)ccc1F. The van der Waals surface area contributed by atoms with E-state index in [1.54, 1.807) is 6.07 Å². The van der Waals surface area contributed by atoms with Crippen molar-refractivity contribution >= 4 is 5.97 Å². The lowest BCUT2D eigenvalue weighted by atomic mass is 10.0. The molecule has 0 atom stereocenters. The molecule has 0 aliphatic carbocycles. The van der Waals surface area contributed by atoms with Crippen molar-refractivity contribution in [1.29, 1.82) is 0 Å². The standard InChI is InChI=1S/C14H11FO2/c15-13-7-6-11(9-12(13)14(16)17)8-10-4-2-1-3-5-10/h1-7,9H,8H2,(H,16,17). The van der Waals surface area contributed by atoms with E-state index in [1.807, 2.05) is 30.3 Å². The van der Waals surface area contributed by atoms with Crippen molar-refractivity contribution in [3.05, 3.63) is 71.0 Å². The summed E-state index contributed by atoms with van der Waals surface area (Å²) in [6.45, 7) is 0. The highest BCUT2D eigenvalue weighted by atomic mass is 19.1. The van der Waals surface area contributed by atoms with Gasteiger partial charge < -0.3 is 5.11 Å². The van der Waals surface area contributed by atoms with Gasteiger partial charge in [-0.15, -0.1) is 0 Å². The molecule has 17 heavy (non-hydrogen) atoms. The van der Waals surface area contributed by atoms with Crippen molar-refractivity contribution in [1.82, 2.24) is 0 Å². The molecule has 0 bridgehead atoms. The highest BCUT2D eigenvalue weighted by Crippen LogP contribution is 2.14. The van der Waals surface area contributed by atoms with Gasteiger partial charge in [0.25, 0.3) is 0 Å². The molecule has 0 unspecified atom stereocenters. The summed E-state index contributed by atoms with van der Waals surface area (Å²) < 4.78 is 13.2. The van der Waals surface area contributed by atoms with Gasteiger partial charge in [0.15, 0.2) is 0 Å². The van der Waals surface area contributed by atoms with Crippen molar-refractivity contribution in [3.63, 3.8) is 0 Å². The fourth-order valence-corrected chi connectivity index (χ4v) is 1.68. The van der Waals surface area contributed by atoms with Crippen LogP contribution >= 0.6 is 0 Å². The number of hydrogen-bond donors (Lipinski definition) is 1. The van der Waals surface area contributed by atoms with Crippen molar-refractivity contribution in [2.45, 2.75) is 6.42 Å². The Bertz CT molecular complexity index is 535. The summed E-state index contributed by atoms with van der Waals surface area (Å²) >= 11 is 0. The molecule has 0 radical (unpaired) electrons. The Kier molecular flexibility index (Phi) is 3.19. The Hall–Kier alpha value is -2.16. The van der Waals surface area contributed by atoms with Crippen molar-refractivity contribution in [3.8, 4) is 0 Å². The van der Waals surface area contributed by atoms with Crippen LogP contribution in [0.4, 0.5) is 4.39 Å². The molecule has 0 aliphatic rings. The van der Waals surface area contributed by atoms with Crippen LogP contribution in [0, 0.1) is 5.82 Å². The zero-order valence-electron chi connectivity index (χ0n) is 9.06. The molecule has 3 heteroatoms. The number of carboxylic acids is 1. The van der Waals surface area contributed by atoms with E-state index in [4.69, 9.17) is 5.11 Å². The third-order valence-electron chi connectivity index (χ3n) is 2.51. The number of aromatic carboxylic acids is 1. The summed E-state index contributed by atoms with van der Waals surface area (Å²) in [7, 11) is 0. The summed E-state index contributed by atoms with van der Waals surface area (Å²) in [6, 6.07) is 13.8. The van der Waals surface area contributed by atoms with E-state index < -0.39 is 11.8 Å². The Labute approximate surface area is 98.3 Å². The van der Waals surface area contributed by atoms with Crippen LogP contribution in [0.2, 0.25) is 0 Å². The number of carbonyl (C=O) groups is 1. The highest BCUT2D eigenvalue weighted by Gasteiger charge is 2.10. The minimum atomic E-state index is -1.24. The minimum absolute atomic E-state index is 0.279. The fourth-order valence-electron chi connectivity index (χ4n) is 1.68. The maximum atomic E-state index is 13.2. The van der Waals surface area contributed by atoms with Gasteiger partial charge in [-0.1, -0.05) is 36.4 Å². The van der Waals surface area contributed by atoms with E-state index >= 15 is 0 Å². The average molecular weight is 230 g/mol. The van der Waals surface area contributed by atoms with Crippen LogP contribution in [-0.2, 0) is 6.42 Å². The molecule has 0 aliphatic heterocycles. The van der Waals surface area contributed by atoms with Crippen LogP contribution in [0.25, 0.3) is 0 Å². The average Bonchev–Trinajstić information content (AvgIpc) is 2.32. The Morgan fingerprint density at radius 1 is 1.06 bits per heavy atom. The van der Waals surface area contributed by atoms with Gasteiger partial charge in [-0.05, 0) is 29.7 Å². The maximum Gasteiger partial charge on any atom is 0.338 e. The van der Waals surface area contributed by atoms with Gasteiger partial charge in [0, 0.05) is 0 Å². The third kappa shape index (κ3) is 2.69. The van der Waals surface area contributed by atoms with Gasteiger partial charge in [0.2, 0.25) is 0 Å². The summed E-state index contributed by atoms with van der Waals surface area (Å²) in [5, 5.41) is 8.82. The van der Waals surface area contributed by atoms with E-state index in [1.165, 1.54) is 12.1 Å². The molecule has 0 amide bonds. The zero-order valence-corrected chi connectivity index (χ0v) is 9.06.